The van der Waals surface area contributed by atoms with E-state index in [1.165, 1.54) is 11.1 Å². The fourth-order valence-electron chi connectivity index (χ4n) is 9.76. The summed E-state index contributed by atoms with van der Waals surface area (Å²) in [4.78, 5) is 0. The van der Waals surface area contributed by atoms with Gasteiger partial charge >= 0.3 is 34.1 Å². The SMILES string of the molecule is Cc1ccccc1.Cc1ccccc1.[Fe+3].[Fe+3].[O-]C(c1ccccc1)c1ccccc1.[O-]C(c1ccccc1)c1ccccc1.[O-]C(c1ccccc1)c1ccccc1.[O-]C(c1ccccc1)c1ccccc1.[O-]C(c1ccccc1)c1ccccc1.[O-]C(c1ccccc1)c1ccccc1. The number of aryl methyl sites for hydroxylation is 2. The molecule has 0 heterocycles. The van der Waals surface area contributed by atoms with E-state index >= 15 is 0 Å². The molecule has 100 heavy (non-hydrogen) atoms. The van der Waals surface area contributed by atoms with E-state index in [-0.39, 0.29) is 34.1 Å². The molecule has 0 aliphatic heterocycles. The van der Waals surface area contributed by atoms with Crippen molar-refractivity contribution in [2.75, 3.05) is 0 Å². The summed E-state index contributed by atoms with van der Waals surface area (Å²) >= 11 is 0. The van der Waals surface area contributed by atoms with Gasteiger partial charge in [-0.25, -0.2) is 0 Å². The molecule has 0 unspecified atom stereocenters. The van der Waals surface area contributed by atoms with Gasteiger partial charge in [-0.2, -0.15) is 0 Å². The molecule has 6 nitrogen and oxygen atoms in total. The fourth-order valence-corrected chi connectivity index (χ4v) is 9.76. The molecule has 14 rings (SSSR count). The molecule has 14 aromatic rings. The Bertz CT molecular complexity index is 3310. The van der Waals surface area contributed by atoms with Crippen LogP contribution in [0.15, 0.2) is 425 Å². The Kier molecular flexibility index (Phi) is 38.5. The molecule has 0 fully saturated rings. The van der Waals surface area contributed by atoms with E-state index in [0.717, 1.165) is 66.8 Å². The van der Waals surface area contributed by atoms with Gasteiger partial charge in [0.15, 0.2) is 0 Å². The molecular formula is C92H82Fe2O6. The molecule has 0 N–H and O–H groups in total. The number of hydrogen-bond acceptors (Lipinski definition) is 6. The van der Waals surface area contributed by atoms with Crippen LogP contribution >= 0.6 is 0 Å². The number of hydrogen-bond donors (Lipinski definition) is 0. The minimum Gasteiger partial charge on any atom is -0.845 e. The van der Waals surface area contributed by atoms with Crippen molar-refractivity contribution in [3.05, 3.63) is 503 Å². The van der Waals surface area contributed by atoms with Gasteiger partial charge < -0.3 is 30.6 Å². The third-order valence-corrected chi connectivity index (χ3v) is 15.1. The Labute approximate surface area is 613 Å². The maximum absolute atomic E-state index is 11.9. The van der Waals surface area contributed by atoms with Crippen molar-refractivity contribution in [1.82, 2.24) is 0 Å². The number of benzene rings is 14. The van der Waals surface area contributed by atoms with Crippen LogP contribution in [0.25, 0.3) is 0 Å². The van der Waals surface area contributed by atoms with E-state index in [9.17, 15) is 30.6 Å². The Balaban J connectivity index is 0.000000207. The van der Waals surface area contributed by atoms with Gasteiger partial charge in [-0.3, -0.25) is 0 Å². The second kappa shape index (κ2) is 47.8. The van der Waals surface area contributed by atoms with Crippen LogP contribution in [0.4, 0.5) is 0 Å². The third kappa shape index (κ3) is 29.5. The van der Waals surface area contributed by atoms with E-state index in [2.05, 4.69) is 38.1 Å². The van der Waals surface area contributed by atoms with Crippen LogP contribution in [0.5, 0.6) is 0 Å². The molecule has 0 aliphatic rings. The standard InChI is InChI=1S/6C13H11O.2C7H8.2Fe/c6*14-13(11-7-3-1-4-8-11)12-9-5-2-6-10-12;2*1-7-5-3-2-4-6-7;;/h6*1-10,13H;2*2-6H,1H3;;/q6*-1;;;2*+3. The summed E-state index contributed by atoms with van der Waals surface area (Å²) in [5, 5.41) is 71.6. The average Bonchev–Trinajstić information content (AvgIpc) is 0.967. The molecule has 0 bridgehead atoms. The molecule has 0 aromatic heterocycles. The van der Waals surface area contributed by atoms with Crippen LogP contribution in [-0.4, -0.2) is 0 Å². The minimum absolute atomic E-state index is 0. The van der Waals surface area contributed by atoms with E-state index < -0.39 is 36.6 Å². The molecule has 0 aliphatic carbocycles. The second-order valence-electron chi connectivity index (χ2n) is 22.5. The first kappa shape index (κ1) is 80.6. The summed E-state index contributed by atoms with van der Waals surface area (Å²) in [5.41, 5.74) is 12.5. The molecule has 0 spiro atoms. The topological polar surface area (TPSA) is 138 Å². The monoisotopic (exact) mass is 1390 g/mol. The summed E-state index contributed by atoms with van der Waals surface area (Å²) < 4.78 is 0. The van der Waals surface area contributed by atoms with Gasteiger partial charge in [0, 0.05) is 0 Å². The predicted octanol–water partition coefficient (Wildman–Crippen LogP) is 16.8. The van der Waals surface area contributed by atoms with Crippen molar-refractivity contribution in [2.45, 2.75) is 50.5 Å². The van der Waals surface area contributed by atoms with Gasteiger partial charge in [-0.1, -0.05) is 539 Å². The second-order valence-corrected chi connectivity index (χ2v) is 22.5. The van der Waals surface area contributed by atoms with E-state index in [0.29, 0.717) is 0 Å². The summed E-state index contributed by atoms with van der Waals surface area (Å²) in [6, 6.07) is 134. The van der Waals surface area contributed by atoms with Crippen LogP contribution in [0.2, 0.25) is 0 Å². The zero-order valence-electron chi connectivity index (χ0n) is 56.0. The number of rotatable bonds is 12. The van der Waals surface area contributed by atoms with Crippen LogP contribution < -0.4 is 30.6 Å². The van der Waals surface area contributed by atoms with E-state index in [4.69, 9.17) is 0 Å². The molecule has 502 valence electrons. The van der Waals surface area contributed by atoms with Crippen molar-refractivity contribution >= 4 is 0 Å². The van der Waals surface area contributed by atoms with Crippen LogP contribution in [0.3, 0.4) is 0 Å². The first-order valence-electron chi connectivity index (χ1n) is 32.6. The smallest absolute Gasteiger partial charge is 0.845 e. The Morgan fingerprint density at radius 1 is 0.130 bits per heavy atom. The summed E-state index contributed by atoms with van der Waals surface area (Å²) in [5.74, 6) is 0. The summed E-state index contributed by atoms with van der Waals surface area (Å²) in [6.45, 7) is 4.17. The largest absolute Gasteiger partial charge is 3.00 e. The normalized spacial score (nSPS) is 9.98. The molecule has 8 heteroatoms. The summed E-state index contributed by atoms with van der Waals surface area (Å²) in [6.07, 6.45) is -4.60. The molecule has 14 aromatic carbocycles. The van der Waals surface area contributed by atoms with Crippen molar-refractivity contribution < 1.29 is 64.8 Å². The first-order chi connectivity index (χ1) is 48.0. The van der Waals surface area contributed by atoms with Gasteiger partial charge in [0.05, 0.1) is 0 Å². The van der Waals surface area contributed by atoms with Gasteiger partial charge in [0.2, 0.25) is 0 Å². The van der Waals surface area contributed by atoms with Crippen molar-refractivity contribution in [2.24, 2.45) is 0 Å². The van der Waals surface area contributed by atoms with Gasteiger partial charge in [-0.05, 0) is 13.8 Å². The zero-order chi connectivity index (χ0) is 69.0. The molecule has 0 saturated heterocycles. The molecule has 0 atom stereocenters. The van der Waals surface area contributed by atoms with Gasteiger partial charge in [0.25, 0.3) is 0 Å². The summed E-state index contributed by atoms with van der Waals surface area (Å²) in [7, 11) is 0. The van der Waals surface area contributed by atoms with Crippen molar-refractivity contribution in [3.8, 4) is 0 Å². The Morgan fingerprint density at radius 2 is 0.200 bits per heavy atom. The predicted molar refractivity (Wildman–Crippen MR) is 391 cm³/mol. The van der Waals surface area contributed by atoms with Crippen molar-refractivity contribution in [3.63, 3.8) is 0 Å². The minimum atomic E-state index is -0.766. The average molecular weight is 1400 g/mol. The Morgan fingerprint density at radius 3 is 0.260 bits per heavy atom. The first-order valence-corrected chi connectivity index (χ1v) is 32.6. The Hall–Kier alpha value is -10.1. The third-order valence-electron chi connectivity index (χ3n) is 15.1. The molecule has 2 radical (unpaired) electrons. The maximum atomic E-state index is 11.9. The van der Waals surface area contributed by atoms with Gasteiger partial charge in [0.1, 0.15) is 0 Å². The van der Waals surface area contributed by atoms with Gasteiger partial charge in [-0.15, -0.1) is 0 Å². The maximum Gasteiger partial charge on any atom is 3.00 e. The van der Waals surface area contributed by atoms with Crippen molar-refractivity contribution in [1.29, 1.82) is 0 Å². The molecule has 0 amide bonds. The zero-order valence-corrected chi connectivity index (χ0v) is 58.2. The molecular weight excluding hydrogens is 1310 g/mol. The fraction of sp³-hybridized carbons (Fsp3) is 0.0870. The van der Waals surface area contributed by atoms with Crippen LogP contribution in [0.1, 0.15) is 115 Å². The van der Waals surface area contributed by atoms with E-state index in [1.54, 1.807) is 0 Å². The quantitative estimate of drug-likeness (QED) is 0.112. The van der Waals surface area contributed by atoms with Crippen LogP contribution in [0, 0.1) is 13.8 Å². The molecule has 0 saturated carbocycles. The van der Waals surface area contributed by atoms with E-state index in [1.807, 2.05) is 400 Å². The van der Waals surface area contributed by atoms with Crippen LogP contribution in [-0.2, 0) is 34.1 Å².